The molecule has 0 atom stereocenters. The average molecular weight is 119 g/mol. The number of rotatable bonds is 0. The minimum absolute atomic E-state index is 0.778. The molecule has 1 aliphatic rings. The first-order valence-corrected chi connectivity index (χ1v) is 2.82. The van der Waals surface area contributed by atoms with Crippen LogP contribution in [0.5, 0.6) is 0 Å². The van der Waals surface area contributed by atoms with Crippen molar-refractivity contribution < 1.29 is 9.78 Å². The lowest BCUT2D eigenvalue weighted by atomic mass is 10.3. The molecule has 0 spiro atoms. The van der Waals surface area contributed by atoms with Gasteiger partial charge in [0.25, 0.3) is 0 Å². The molecule has 0 aromatic carbocycles. The van der Waals surface area contributed by atoms with Crippen molar-refractivity contribution in [2.24, 2.45) is 5.73 Å². The third kappa shape index (κ3) is 4.05. The highest BCUT2D eigenvalue weighted by Crippen LogP contribution is 1.97. The van der Waals surface area contributed by atoms with Crippen molar-refractivity contribution in [2.45, 2.75) is 12.8 Å². The summed E-state index contributed by atoms with van der Waals surface area (Å²) in [7, 11) is 1.50. The Kier molecular flexibility index (Phi) is 6.78. The molecule has 3 heteroatoms. The van der Waals surface area contributed by atoms with Crippen LogP contribution in [0.2, 0.25) is 0 Å². The summed E-state index contributed by atoms with van der Waals surface area (Å²) in [4.78, 5) is 9.14. The van der Waals surface area contributed by atoms with E-state index in [4.69, 9.17) is 0 Å². The van der Waals surface area contributed by atoms with Crippen LogP contribution < -0.4 is 5.73 Å². The van der Waals surface area contributed by atoms with Crippen LogP contribution in [-0.4, -0.2) is 20.3 Å². The van der Waals surface area contributed by atoms with Gasteiger partial charge in [0.15, 0.2) is 0 Å². The molecule has 3 nitrogen and oxygen atoms in total. The second-order valence-corrected chi connectivity index (χ2v) is 1.35. The predicted octanol–water partition coefficient (Wildman–Crippen LogP) is 0.303. The van der Waals surface area contributed by atoms with E-state index in [1.807, 2.05) is 0 Å². The average Bonchev–Trinajstić information content (AvgIpc) is 1.96. The molecule has 8 heavy (non-hydrogen) atoms. The highest BCUT2D eigenvalue weighted by molar-refractivity contribution is 4.36. The molecule has 0 aromatic rings. The largest absolute Gasteiger partial charge is 0.333 e. The fraction of sp³-hybridized carbons (Fsp3) is 1.00. The SMILES string of the molecule is C1CCOOC1.CN. The standard InChI is InChI=1S/C4H8O2.CH5N/c1-2-4-6-5-3-1;1-2/h1-4H2;2H2,1H3. The number of hydrogen-bond donors (Lipinski definition) is 1. The summed E-state index contributed by atoms with van der Waals surface area (Å²) < 4.78 is 0. The molecule has 50 valence electrons. The van der Waals surface area contributed by atoms with Crippen LogP contribution >= 0.6 is 0 Å². The molecule has 1 rings (SSSR count). The second-order valence-electron chi connectivity index (χ2n) is 1.35. The van der Waals surface area contributed by atoms with Gasteiger partial charge in [0.1, 0.15) is 0 Å². The molecular weight excluding hydrogens is 106 g/mol. The van der Waals surface area contributed by atoms with Crippen LogP contribution in [0.4, 0.5) is 0 Å². The Morgan fingerprint density at radius 3 is 1.50 bits per heavy atom. The summed E-state index contributed by atoms with van der Waals surface area (Å²) in [6.45, 7) is 1.56. The van der Waals surface area contributed by atoms with Crippen molar-refractivity contribution in [3.8, 4) is 0 Å². The van der Waals surface area contributed by atoms with Gasteiger partial charge in [0.2, 0.25) is 0 Å². The summed E-state index contributed by atoms with van der Waals surface area (Å²) in [5, 5.41) is 0. The molecule has 0 bridgehead atoms. The maximum Gasteiger partial charge on any atom is 0.0823 e. The Bertz CT molecular complexity index is 25.9. The first-order chi connectivity index (χ1) is 4.00. The maximum atomic E-state index is 4.57. The van der Waals surface area contributed by atoms with Crippen molar-refractivity contribution >= 4 is 0 Å². The van der Waals surface area contributed by atoms with E-state index >= 15 is 0 Å². The predicted molar refractivity (Wildman–Crippen MR) is 31.2 cm³/mol. The van der Waals surface area contributed by atoms with Crippen LogP contribution in [0, 0.1) is 0 Å². The molecule has 0 unspecified atom stereocenters. The molecule has 1 fully saturated rings. The smallest absolute Gasteiger partial charge is 0.0823 e. The normalized spacial score (nSPS) is 18.8. The zero-order valence-electron chi connectivity index (χ0n) is 5.22. The van der Waals surface area contributed by atoms with E-state index in [0.29, 0.717) is 0 Å². The van der Waals surface area contributed by atoms with Crippen LogP contribution in [0.3, 0.4) is 0 Å². The first-order valence-electron chi connectivity index (χ1n) is 2.82. The van der Waals surface area contributed by atoms with Crippen molar-refractivity contribution in [1.82, 2.24) is 0 Å². The van der Waals surface area contributed by atoms with Gasteiger partial charge >= 0.3 is 0 Å². The Labute approximate surface area is 49.7 Å². The Balaban J connectivity index is 0.000000222. The highest BCUT2D eigenvalue weighted by atomic mass is 17.2. The highest BCUT2D eigenvalue weighted by Gasteiger charge is 1.95. The van der Waals surface area contributed by atoms with Crippen molar-refractivity contribution in [2.75, 3.05) is 20.3 Å². The summed E-state index contributed by atoms with van der Waals surface area (Å²) >= 11 is 0. The Morgan fingerprint density at radius 2 is 1.38 bits per heavy atom. The van der Waals surface area contributed by atoms with Gasteiger partial charge in [-0.15, -0.1) is 0 Å². The lowest BCUT2D eigenvalue weighted by molar-refractivity contribution is -0.312. The Hall–Kier alpha value is -0.120. The zero-order valence-corrected chi connectivity index (χ0v) is 5.22. The molecule has 0 saturated carbocycles. The fourth-order valence-corrected chi connectivity index (χ4v) is 0.440. The Morgan fingerprint density at radius 1 is 1.00 bits per heavy atom. The monoisotopic (exact) mass is 119 g/mol. The van der Waals surface area contributed by atoms with Gasteiger partial charge in [-0.25, -0.2) is 9.78 Å². The van der Waals surface area contributed by atoms with Gasteiger partial charge in [-0.2, -0.15) is 0 Å². The lowest BCUT2D eigenvalue weighted by Crippen LogP contribution is -2.05. The summed E-state index contributed by atoms with van der Waals surface area (Å²) in [6, 6.07) is 0. The van der Waals surface area contributed by atoms with Gasteiger partial charge in [-0.1, -0.05) is 0 Å². The lowest BCUT2D eigenvalue weighted by Gasteiger charge is -2.07. The van der Waals surface area contributed by atoms with Crippen molar-refractivity contribution in [3.05, 3.63) is 0 Å². The minimum Gasteiger partial charge on any atom is -0.333 e. The molecule has 0 aliphatic carbocycles. The van der Waals surface area contributed by atoms with Gasteiger partial charge in [-0.3, -0.25) is 0 Å². The van der Waals surface area contributed by atoms with Crippen molar-refractivity contribution in [3.63, 3.8) is 0 Å². The molecule has 0 radical (unpaired) electrons. The van der Waals surface area contributed by atoms with Gasteiger partial charge in [0, 0.05) is 0 Å². The fourth-order valence-electron chi connectivity index (χ4n) is 0.440. The number of nitrogens with two attached hydrogens (primary N) is 1. The van der Waals surface area contributed by atoms with E-state index < -0.39 is 0 Å². The van der Waals surface area contributed by atoms with E-state index in [-0.39, 0.29) is 0 Å². The van der Waals surface area contributed by atoms with E-state index in [9.17, 15) is 0 Å². The van der Waals surface area contributed by atoms with E-state index in [1.165, 1.54) is 7.05 Å². The van der Waals surface area contributed by atoms with E-state index in [2.05, 4.69) is 15.5 Å². The minimum atomic E-state index is 0.778. The summed E-state index contributed by atoms with van der Waals surface area (Å²) in [6.07, 6.45) is 2.31. The van der Waals surface area contributed by atoms with Gasteiger partial charge in [-0.05, 0) is 19.9 Å². The van der Waals surface area contributed by atoms with E-state index in [1.54, 1.807) is 0 Å². The molecule has 0 aromatic heterocycles. The van der Waals surface area contributed by atoms with Gasteiger partial charge in [0.05, 0.1) is 13.2 Å². The number of hydrogen-bond acceptors (Lipinski definition) is 3. The van der Waals surface area contributed by atoms with Crippen LogP contribution in [-0.2, 0) is 9.78 Å². The maximum absolute atomic E-state index is 4.57. The molecule has 0 amide bonds. The third-order valence-corrected chi connectivity index (χ3v) is 0.789. The third-order valence-electron chi connectivity index (χ3n) is 0.789. The molecular formula is C5H13NO2. The van der Waals surface area contributed by atoms with Gasteiger partial charge < -0.3 is 5.73 Å². The van der Waals surface area contributed by atoms with E-state index in [0.717, 1.165) is 26.1 Å². The summed E-state index contributed by atoms with van der Waals surface area (Å²) in [5.74, 6) is 0. The first kappa shape index (κ1) is 7.88. The second kappa shape index (κ2) is 6.88. The van der Waals surface area contributed by atoms with Crippen LogP contribution in [0.1, 0.15) is 12.8 Å². The molecule has 1 saturated heterocycles. The topological polar surface area (TPSA) is 44.5 Å². The van der Waals surface area contributed by atoms with Crippen LogP contribution in [0.25, 0.3) is 0 Å². The molecule has 2 N–H and O–H groups in total. The summed E-state index contributed by atoms with van der Waals surface area (Å²) in [5.41, 5.74) is 4.50. The zero-order chi connectivity index (χ0) is 6.24. The quantitative estimate of drug-likeness (QED) is 0.466. The molecule has 1 aliphatic heterocycles. The van der Waals surface area contributed by atoms with Crippen LogP contribution in [0.15, 0.2) is 0 Å². The molecule has 1 heterocycles. The van der Waals surface area contributed by atoms with Crippen molar-refractivity contribution in [1.29, 1.82) is 0 Å².